The summed E-state index contributed by atoms with van der Waals surface area (Å²) in [7, 11) is 0. The quantitative estimate of drug-likeness (QED) is 0.709. The Balaban J connectivity index is 2.65. The Kier molecular flexibility index (Phi) is 3.05. The number of benzene rings is 1. The number of thiocarbonyl (C=S) groups is 1. The van der Waals surface area contributed by atoms with Gasteiger partial charge in [-0.25, -0.2) is 0 Å². The van der Waals surface area contributed by atoms with E-state index in [-0.39, 0.29) is 11.3 Å². The van der Waals surface area contributed by atoms with E-state index in [0.717, 1.165) is 5.56 Å². The smallest absolute Gasteiger partial charge is 0.254 e. The molecule has 12 heavy (non-hydrogen) atoms. The third-order valence-electron chi connectivity index (χ3n) is 1.56. The lowest BCUT2D eigenvalue weighted by Crippen LogP contribution is -2.15. The van der Waals surface area contributed by atoms with Gasteiger partial charge in [0, 0.05) is 0 Å². The number of hydrogen-bond acceptors (Lipinski definition) is 2. The molecule has 0 aliphatic heterocycles. The van der Waals surface area contributed by atoms with Crippen LogP contribution in [-0.2, 0) is 4.74 Å². The number of ether oxygens (including phenoxy) is 1. The summed E-state index contributed by atoms with van der Waals surface area (Å²) in [5, 5.41) is 0.0892. The maximum absolute atomic E-state index is 5.24. The van der Waals surface area contributed by atoms with Gasteiger partial charge in [0.2, 0.25) is 0 Å². The van der Waals surface area contributed by atoms with Gasteiger partial charge in [-0.1, -0.05) is 30.3 Å². The monoisotopic (exact) mass is 181 g/mol. The molecule has 0 radical (unpaired) electrons. The summed E-state index contributed by atoms with van der Waals surface area (Å²) in [6.07, 6.45) is -0.0660. The molecule has 1 rings (SSSR count). The van der Waals surface area contributed by atoms with Crippen molar-refractivity contribution in [3.05, 3.63) is 35.9 Å². The van der Waals surface area contributed by atoms with Crippen LogP contribution in [0.2, 0.25) is 0 Å². The van der Waals surface area contributed by atoms with Crippen LogP contribution in [0.4, 0.5) is 0 Å². The minimum atomic E-state index is -0.0660. The highest BCUT2D eigenvalue weighted by Gasteiger charge is 2.04. The molecule has 0 bridgehead atoms. The van der Waals surface area contributed by atoms with Crippen molar-refractivity contribution in [2.75, 3.05) is 0 Å². The summed E-state index contributed by atoms with van der Waals surface area (Å²) >= 11 is 4.63. The number of nitrogens with two attached hydrogens (primary N) is 1. The Morgan fingerprint density at radius 2 is 2.00 bits per heavy atom. The summed E-state index contributed by atoms with van der Waals surface area (Å²) in [5.41, 5.74) is 6.31. The van der Waals surface area contributed by atoms with E-state index in [9.17, 15) is 0 Å². The summed E-state index contributed by atoms with van der Waals surface area (Å²) in [5.74, 6) is 0. The third-order valence-corrected chi connectivity index (χ3v) is 1.66. The van der Waals surface area contributed by atoms with Gasteiger partial charge in [0.25, 0.3) is 5.17 Å². The molecule has 64 valence electrons. The van der Waals surface area contributed by atoms with Gasteiger partial charge >= 0.3 is 0 Å². The van der Waals surface area contributed by atoms with Crippen molar-refractivity contribution < 1.29 is 4.74 Å². The molecule has 1 aromatic carbocycles. The van der Waals surface area contributed by atoms with E-state index in [1.165, 1.54) is 0 Å². The van der Waals surface area contributed by atoms with Crippen LogP contribution in [0.3, 0.4) is 0 Å². The van der Waals surface area contributed by atoms with Crippen molar-refractivity contribution in [1.29, 1.82) is 0 Å². The molecule has 0 unspecified atom stereocenters. The van der Waals surface area contributed by atoms with Gasteiger partial charge < -0.3 is 10.5 Å². The molecule has 0 spiro atoms. The van der Waals surface area contributed by atoms with Gasteiger partial charge in [-0.05, 0) is 24.7 Å². The highest BCUT2D eigenvalue weighted by atomic mass is 32.1. The van der Waals surface area contributed by atoms with Crippen molar-refractivity contribution in [2.24, 2.45) is 5.73 Å². The fraction of sp³-hybridized carbons (Fsp3) is 0.222. The molecule has 2 nitrogen and oxygen atoms in total. The normalized spacial score (nSPS) is 12.1. The zero-order valence-corrected chi connectivity index (χ0v) is 7.67. The maximum atomic E-state index is 5.24. The summed E-state index contributed by atoms with van der Waals surface area (Å²) in [6, 6.07) is 9.81. The van der Waals surface area contributed by atoms with Crippen LogP contribution in [0.15, 0.2) is 30.3 Å². The van der Waals surface area contributed by atoms with Crippen LogP contribution < -0.4 is 5.73 Å². The zero-order chi connectivity index (χ0) is 8.97. The molecule has 1 aromatic rings. The van der Waals surface area contributed by atoms with Crippen molar-refractivity contribution in [3.8, 4) is 0 Å². The van der Waals surface area contributed by atoms with Crippen LogP contribution >= 0.6 is 12.2 Å². The van der Waals surface area contributed by atoms with E-state index in [0.29, 0.717) is 0 Å². The number of rotatable bonds is 2. The van der Waals surface area contributed by atoms with Gasteiger partial charge in [-0.2, -0.15) is 0 Å². The fourth-order valence-corrected chi connectivity index (χ4v) is 1.11. The first kappa shape index (κ1) is 9.00. The molecule has 0 fully saturated rings. The highest BCUT2D eigenvalue weighted by Crippen LogP contribution is 2.15. The molecule has 2 N–H and O–H groups in total. The minimum Gasteiger partial charge on any atom is -0.463 e. The first-order valence-electron chi connectivity index (χ1n) is 3.71. The first-order chi connectivity index (χ1) is 5.70. The lowest BCUT2D eigenvalue weighted by Gasteiger charge is -2.12. The standard InChI is InChI=1S/C9H11NOS/c1-7(11-9(10)12)8-5-3-2-4-6-8/h2-7H,1H3,(H2,10,12)/t7-/m0/s1. The molecule has 0 heterocycles. The largest absolute Gasteiger partial charge is 0.463 e. The van der Waals surface area contributed by atoms with Crippen molar-refractivity contribution >= 4 is 17.4 Å². The van der Waals surface area contributed by atoms with E-state index in [4.69, 9.17) is 10.5 Å². The molecular formula is C9H11NOS. The average Bonchev–Trinajstić information content (AvgIpc) is 2.05. The summed E-state index contributed by atoms with van der Waals surface area (Å²) in [4.78, 5) is 0. The fourth-order valence-electron chi connectivity index (χ4n) is 0.966. The van der Waals surface area contributed by atoms with Crippen LogP contribution in [0.5, 0.6) is 0 Å². The predicted octanol–water partition coefficient (Wildman–Crippen LogP) is 2.01. The van der Waals surface area contributed by atoms with Crippen LogP contribution in [-0.4, -0.2) is 5.17 Å². The first-order valence-corrected chi connectivity index (χ1v) is 4.12. The minimum absolute atomic E-state index is 0.0660. The summed E-state index contributed by atoms with van der Waals surface area (Å²) in [6.45, 7) is 1.91. The van der Waals surface area contributed by atoms with E-state index in [2.05, 4.69) is 12.2 Å². The second-order valence-electron chi connectivity index (χ2n) is 2.49. The van der Waals surface area contributed by atoms with Gasteiger partial charge in [-0.15, -0.1) is 0 Å². The van der Waals surface area contributed by atoms with Gasteiger partial charge in [0.15, 0.2) is 0 Å². The van der Waals surface area contributed by atoms with Gasteiger partial charge in [0.1, 0.15) is 6.10 Å². The third kappa shape index (κ3) is 2.51. The molecule has 0 aliphatic carbocycles. The van der Waals surface area contributed by atoms with E-state index >= 15 is 0 Å². The second kappa shape index (κ2) is 4.07. The Morgan fingerprint density at radius 1 is 1.42 bits per heavy atom. The van der Waals surface area contributed by atoms with Crippen LogP contribution in [0.25, 0.3) is 0 Å². The lowest BCUT2D eigenvalue weighted by molar-refractivity contribution is 0.216. The molecule has 0 saturated heterocycles. The maximum Gasteiger partial charge on any atom is 0.254 e. The highest BCUT2D eigenvalue weighted by molar-refractivity contribution is 7.80. The average molecular weight is 181 g/mol. The van der Waals surface area contributed by atoms with E-state index in [1.807, 2.05) is 37.3 Å². The topological polar surface area (TPSA) is 35.2 Å². The molecule has 0 saturated carbocycles. The zero-order valence-electron chi connectivity index (χ0n) is 6.86. The molecular weight excluding hydrogens is 170 g/mol. The lowest BCUT2D eigenvalue weighted by atomic mass is 10.1. The Morgan fingerprint density at radius 3 is 2.50 bits per heavy atom. The Labute approximate surface area is 77.3 Å². The molecule has 0 aliphatic rings. The van der Waals surface area contributed by atoms with Crippen molar-refractivity contribution in [1.82, 2.24) is 0 Å². The SMILES string of the molecule is C[C@H](OC(N)=S)c1ccccc1. The molecule has 0 amide bonds. The molecule has 3 heteroatoms. The second-order valence-corrected chi connectivity index (χ2v) is 2.89. The van der Waals surface area contributed by atoms with E-state index < -0.39 is 0 Å². The van der Waals surface area contributed by atoms with E-state index in [1.54, 1.807) is 0 Å². The van der Waals surface area contributed by atoms with Gasteiger partial charge in [-0.3, -0.25) is 0 Å². The predicted molar refractivity (Wildman–Crippen MR) is 52.7 cm³/mol. The van der Waals surface area contributed by atoms with Crippen molar-refractivity contribution in [3.63, 3.8) is 0 Å². The number of hydrogen-bond donors (Lipinski definition) is 1. The Hall–Kier alpha value is -1.09. The molecule has 1 atom stereocenters. The van der Waals surface area contributed by atoms with Gasteiger partial charge in [0.05, 0.1) is 0 Å². The molecule has 0 aromatic heterocycles. The van der Waals surface area contributed by atoms with Crippen molar-refractivity contribution in [2.45, 2.75) is 13.0 Å². The van der Waals surface area contributed by atoms with Crippen LogP contribution in [0.1, 0.15) is 18.6 Å². The summed E-state index contributed by atoms with van der Waals surface area (Å²) < 4.78 is 5.15. The Bertz CT molecular complexity index is 260. The van der Waals surface area contributed by atoms with Crippen LogP contribution in [0, 0.1) is 0 Å².